The van der Waals surface area contributed by atoms with E-state index < -0.39 is 10.0 Å². The molecule has 0 amide bonds. The first-order valence-electron chi connectivity index (χ1n) is 8.65. The van der Waals surface area contributed by atoms with Crippen molar-refractivity contribution in [3.63, 3.8) is 0 Å². The average molecular weight is 465 g/mol. The summed E-state index contributed by atoms with van der Waals surface area (Å²) in [7, 11) is -1.92. The summed E-state index contributed by atoms with van der Waals surface area (Å²) in [6.45, 7) is 4.05. The molecular weight excluding hydrogens is 444 g/mol. The van der Waals surface area contributed by atoms with Crippen LogP contribution in [0.4, 0.5) is 5.69 Å². The van der Waals surface area contributed by atoms with E-state index >= 15 is 0 Å². The van der Waals surface area contributed by atoms with Gasteiger partial charge in [-0.3, -0.25) is 0 Å². The standard InChI is InChI=1S/C18H21BrN6O2S/c1-13(2)24(3)28(26,27)15-10-8-14(9-11-15)20-12-18-21-22-23-25(18)17-7-5-4-6-16(17)19/h4-11,13,20H,12H2,1-3H3. The minimum absolute atomic E-state index is 0.112. The molecule has 0 bridgehead atoms. The highest BCUT2D eigenvalue weighted by Gasteiger charge is 2.22. The lowest BCUT2D eigenvalue weighted by Gasteiger charge is -2.21. The number of anilines is 1. The second kappa shape index (κ2) is 8.38. The van der Waals surface area contributed by atoms with Crippen LogP contribution in [0.5, 0.6) is 0 Å². The molecule has 10 heteroatoms. The lowest BCUT2D eigenvalue weighted by molar-refractivity contribution is 0.410. The number of rotatable bonds is 7. The Morgan fingerprint density at radius 3 is 2.46 bits per heavy atom. The number of hydrogen-bond donors (Lipinski definition) is 1. The van der Waals surface area contributed by atoms with E-state index in [9.17, 15) is 8.42 Å². The van der Waals surface area contributed by atoms with Gasteiger partial charge in [0.1, 0.15) is 0 Å². The van der Waals surface area contributed by atoms with Crippen molar-refractivity contribution in [3.8, 4) is 5.69 Å². The molecule has 0 radical (unpaired) electrons. The number of sulfonamides is 1. The summed E-state index contributed by atoms with van der Waals surface area (Å²) in [6, 6.07) is 14.2. The molecule has 0 spiro atoms. The molecule has 28 heavy (non-hydrogen) atoms. The van der Waals surface area contributed by atoms with E-state index in [1.165, 1.54) is 4.31 Å². The van der Waals surface area contributed by atoms with Gasteiger partial charge < -0.3 is 5.32 Å². The third-order valence-corrected chi connectivity index (χ3v) is 7.04. The maximum absolute atomic E-state index is 12.5. The second-order valence-corrected chi connectivity index (χ2v) is 9.30. The first kappa shape index (κ1) is 20.4. The monoisotopic (exact) mass is 464 g/mol. The van der Waals surface area contributed by atoms with Crippen molar-refractivity contribution >= 4 is 31.6 Å². The number of aromatic nitrogens is 4. The van der Waals surface area contributed by atoms with E-state index in [4.69, 9.17) is 0 Å². The van der Waals surface area contributed by atoms with Crippen molar-refractivity contribution in [2.24, 2.45) is 0 Å². The Kier molecular flexibility index (Phi) is 6.11. The lowest BCUT2D eigenvalue weighted by atomic mass is 10.3. The van der Waals surface area contributed by atoms with Crippen LogP contribution in [0.3, 0.4) is 0 Å². The van der Waals surface area contributed by atoms with Gasteiger partial charge >= 0.3 is 0 Å². The second-order valence-electron chi connectivity index (χ2n) is 6.45. The van der Waals surface area contributed by atoms with Crippen LogP contribution >= 0.6 is 15.9 Å². The molecule has 148 valence electrons. The SMILES string of the molecule is CC(C)N(C)S(=O)(=O)c1ccc(NCc2nnnn2-c2ccccc2Br)cc1. The Labute approximate surface area is 172 Å². The maximum Gasteiger partial charge on any atom is 0.243 e. The van der Waals surface area contributed by atoms with Gasteiger partial charge in [-0.15, -0.1) is 5.10 Å². The smallest absolute Gasteiger partial charge is 0.243 e. The van der Waals surface area contributed by atoms with Gasteiger partial charge in [0, 0.05) is 23.2 Å². The fourth-order valence-corrected chi connectivity index (χ4v) is 4.32. The predicted octanol–water partition coefficient (Wildman–Crippen LogP) is 3.07. The number of para-hydroxylation sites is 1. The van der Waals surface area contributed by atoms with E-state index in [0.29, 0.717) is 12.4 Å². The molecular formula is C18H21BrN6O2S. The van der Waals surface area contributed by atoms with Crippen LogP contribution < -0.4 is 5.32 Å². The number of halogens is 1. The van der Waals surface area contributed by atoms with Gasteiger partial charge in [-0.1, -0.05) is 12.1 Å². The molecule has 1 N–H and O–H groups in total. The van der Waals surface area contributed by atoms with Crippen molar-refractivity contribution in [1.82, 2.24) is 24.5 Å². The minimum Gasteiger partial charge on any atom is -0.378 e. The van der Waals surface area contributed by atoms with Crippen LogP contribution in [0.1, 0.15) is 19.7 Å². The molecule has 0 fully saturated rings. The van der Waals surface area contributed by atoms with E-state index in [1.54, 1.807) is 36.0 Å². The third-order valence-electron chi connectivity index (χ3n) is 4.32. The summed E-state index contributed by atoms with van der Waals surface area (Å²) in [5.41, 5.74) is 1.61. The molecule has 3 aromatic rings. The first-order valence-corrected chi connectivity index (χ1v) is 10.9. The van der Waals surface area contributed by atoms with Gasteiger partial charge in [-0.2, -0.15) is 8.99 Å². The van der Waals surface area contributed by atoms with Gasteiger partial charge in [0.25, 0.3) is 0 Å². The molecule has 8 nitrogen and oxygen atoms in total. The number of hydrogen-bond acceptors (Lipinski definition) is 6. The number of nitrogens with one attached hydrogen (secondary N) is 1. The highest BCUT2D eigenvalue weighted by Crippen LogP contribution is 2.22. The van der Waals surface area contributed by atoms with Gasteiger partial charge in [0.2, 0.25) is 10.0 Å². The maximum atomic E-state index is 12.5. The normalized spacial score (nSPS) is 11.9. The first-order chi connectivity index (χ1) is 13.3. The summed E-state index contributed by atoms with van der Waals surface area (Å²) < 4.78 is 28.9. The van der Waals surface area contributed by atoms with E-state index in [-0.39, 0.29) is 10.9 Å². The highest BCUT2D eigenvalue weighted by atomic mass is 79.9. The van der Waals surface area contributed by atoms with Gasteiger partial charge in [-0.05, 0) is 76.6 Å². The van der Waals surface area contributed by atoms with Crippen LogP contribution in [0.25, 0.3) is 5.69 Å². The van der Waals surface area contributed by atoms with Crippen molar-refractivity contribution in [3.05, 3.63) is 58.8 Å². The Balaban J connectivity index is 1.74. The highest BCUT2D eigenvalue weighted by molar-refractivity contribution is 9.10. The van der Waals surface area contributed by atoms with Gasteiger partial charge in [-0.25, -0.2) is 8.42 Å². The number of tetrazole rings is 1. The molecule has 0 aliphatic rings. The quantitative estimate of drug-likeness (QED) is 0.577. The molecule has 0 aliphatic carbocycles. The van der Waals surface area contributed by atoms with Crippen molar-refractivity contribution in [1.29, 1.82) is 0 Å². The fourth-order valence-electron chi connectivity index (χ4n) is 2.50. The number of benzene rings is 2. The zero-order chi connectivity index (χ0) is 20.3. The predicted molar refractivity (Wildman–Crippen MR) is 111 cm³/mol. The fraction of sp³-hybridized carbons (Fsp3) is 0.278. The lowest BCUT2D eigenvalue weighted by Crippen LogP contribution is -2.33. The molecule has 1 heterocycles. The Bertz CT molecular complexity index is 1050. The summed E-state index contributed by atoms with van der Waals surface area (Å²) in [5.74, 6) is 0.628. The summed E-state index contributed by atoms with van der Waals surface area (Å²) in [5, 5.41) is 15.1. The minimum atomic E-state index is -3.50. The number of nitrogens with zero attached hydrogens (tertiary/aromatic N) is 5. The van der Waals surface area contributed by atoms with Crippen LogP contribution in [-0.2, 0) is 16.6 Å². The van der Waals surface area contributed by atoms with Crippen LogP contribution in [-0.4, -0.2) is 46.0 Å². The topological polar surface area (TPSA) is 93.0 Å². The average Bonchev–Trinajstić information content (AvgIpc) is 3.14. The van der Waals surface area contributed by atoms with Crippen molar-refractivity contribution in [2.75, 3.05) is 12.4 Å². The van der Waals surface area contributed by atoms with E-state index in [0.717, 1.165) is 15.8 Å². The zero-order valence-corrected chi connectivity index (χ0v) is 18.1. The van der Waals surface area contributed by atoms with Gasteiger partial charge in [0.15, 0.2) is 5.82 Å². The third kappa shape index (κ3) is 4.23. The van der Waals surface area contributed by atoms with Crippen molar-refractivity contribution < 1.29 is 8.42 Å². The zero-order valence-electron chi connectivity index (χ0n) is 15.7. The molecule has 1 aromatic heterocycles. The Hall–Kier alpha value is -2.30. The van der Waals surface area contributed by atoms with Crippen LogP contribution in [0.2, 0.25) is 0 Å². The van der Waals surface area contributed by atoms with Crippen LogP contribution in [0.15, 0.2) is 57.9 Å². The van der Waals surface area contributed by atoms with E-state index in [1.807, 2.05) is 38.1 Å². The summed E-state index contributed by atoms with van der Waals surface area (Å²) >= 11 is 3.50. The molecule has 0 unspecified atom stereocenters. The molecule has 0 saturated carbocycles. The van der Waals surface area contributed by atoms with Gasteiger partial charge in [0.05, 0.1) is 17.1 Å². The molecule has 0 atom stereocenters. The molecule has 0 saturated heterocycles. The summed E-state index contributed by atoms with van der Waals surface area (Å²) in [6.07, 6.45) is 0. The van der Waals surface area contributed by atoms with E-state index in [2.05, 4.69) is 36.8 Å². The van der Waals surface area contributed by atoms with Crippen LogP contribution in [0, 0.1) is 0 Å². The molecule has 0 aliphatic heterocycles. The Morgan fingerprint density at radius 1 is 1.14 bits per heavy atom. The van der Waals surface area contributed by atoms with Crippen molar-refractivity contribution in [2.45, 2.75) is 31.3 Å². The molecule has 2 aromatic carbocycles. The Morgan fingerprint density at radius 2 is 1.82 bits per heavy atom. The largest absolute Gasteiger partial charge is 0.378 e. The summed E-state index contributed by atoms with van der Waals surface area (Å²) in [4.78, 5) is 0.257. The molecule has 3 rings (SSSR count).